The normalized spacial score (nSPS) is 33.3. The van der Waals surface area contributed by atoms with E-state index >= 15 is 0 Å². The molecule has 4 nitrogen and oxygen atoms in total. The summed E-state index contributed by atoms with van der Waals surface area (Å²) < 4.78 is 10.4. The second-order valence-corrected chi connectivity index (χ2v) is 3.20. The van der Waals surface area contributed by atoms with Gasteiger partial charge in [0.2, 0.25) is 0 Å². The number of esters is 1. The van der Waals surface area contributed by atoms with Crippen molar-refractivity contribution in [1.29, 1.82) is 0 Å². The number of likely N-dealkylation sites (N-methyl/N-ethyl adjacent to an activating group) is 1. The molecule has 1 N–H and O–H groups in total. The minimum Gasteiger partial charge on any atom is -0.465 e. The van der Waals surface area contributed by atoms with Crippen LogP contribution in [0.4, 0.5) is 0 Å². The van der Waals surface area contributed by atoms with Crippen LogP contribution in [0.5, 0.6) is 0 Å². The molecule has 0 bridgehead atoms. The molecular weight excluding hydrogens is 170 g/mol. The molecule has 1 fully saturated rings. The van der Waals surface area contributed by atoms with Gasteiger partial charge in [0.05, 0.1) is 12.7 Å². The first-order valence-corrected chi connectivity index (χ1v) is 4.65. The fourth-order valence-corrected chi connectivity index (χ4v) is 1.70. The predicted octanol–water partition coefficient (Wildman–Crippen LogP) is 0.317. The topological polar surface area (TPSA) is 47.6 Å². The summed E-state index contributed by atoms with van der Waals surface area (Å²) in [6.45, 7) is 4.72. The van der Waals surface area contributed by atoms with E-state index in [4.69, 9.17) is 9.47 Å². The molecule has 1 aliphatic rings. The number of hydrogen-bond acceptors (Lipinski definition) is 4. The van der Waals surface area contributed by atoms with E-state index in [2.05, 4.69) is 5.32 Å². The minimum absolute atomic E-state index is 0.114. The van der Waals surface area contributed by atoms with Crippen LogP contribution < -0.4 is 5.32 Å². The van der Waals surface area contributed by atoms with E-state index in [0.29, 0.717) is 19.6 Å². The van der Waals surface area contributed by atoms with Crippen molar-refractivity contribution in [2.75, 3.05) is 20.3 Å². The van der Waals surface area contributed by atoms with E-state index in [1.165, 1.54) is 0 Å². The highest BCUT2D eigenvalue weighted by atomic mass is 16.5. The third kappa shape index (κ3) is 1.69. The second-order valence-electron chi connectivity index (χ2n) is 3.20. The van der Waals surface area contributed by atoms with Gasteiger partial charge in [0.1, 0.15) is 5.54 Å². The van der Waals surface area contributed by atoms with Crippen LogP contribution in [0, 0.1) is 0 Å². The average Bonchev–Trinajstić information content (AvgIpc) is 2.48. The zero-order chi connectivity index (χ0) is 9.90. The molecule has 1 rings (SSSR count). The fourth-order valence-electron chi connectivity index (χ4n) is 1.70. The van der Waals surface area contributed by atoms with Gasteiger partial charge in [-0.1, -0.05) is 0 Å². The number of rotatable bonds is 3. The Hall–Kier alpha value is -0.610. The van der Waals surface area contributed by atoms with Crippen LogP contribution in [0.3, 0.4) is 0 Å². The summed E-state index contributed by atoms with van der Waals surface area (Å²) >= 11 is 0. The van der Waals surface area contributed by atoms with Gasteiger partial charge in [0.15, 0.2) is 0 Å². The van der Waals surface area contributed by atoms with Crippen molar-refractivity contribution in [1.82, 2.24) is 5.32 Å². The van der Waals surface area contributed by atoms with E-state index in [1.54, 1.807) is 7.05 Å². The van der Waals surface area contributed by atoms with Gasteiger partial charge < -0.3 is 14.8 Å². The molecule has 1 saturated heterocycles. The zero-order valence-electron chi connectivity index (χ0n) is 8.42. The maximum Gasteiger partial charge on any atom is 0.329 e. The lowest BCUT2D eigenvalue weighted by Gasteiger charge is -2.28. The lowest BCUT2D eigenvalue weighted by atomic mass is 9.92. The van der Waals surface area contributed by atoms with Crippen molar-refractivity contribution >= 4 is 5.97 Å². The van der Waals surface area contributed by atoms with E-state index in [0.717, 1.165) is 0 Å². The number of ether oxygens (including phenoxy) is 2. The van der Waals surface area contributed by atoms with Gasteiger partial charge in [0.25, 0.3) is 0 Å². The molecule has 13 heavy (non-hydrogen) atoms. The van der Waals surface area contributed by atoms with Gasteiger partial charge in [-0.15, -0.1) is 0 Å². The Balaban J connectivity index is 2.73. The summed E-state index contributed by atoms with van der Waals surface area (Å²) in [7, 11) is 1.77. The molecule has 76 valence electrons. The van der Waals surface area contributed by atoms with Crippen LogP contribution >= 0.6 is 0 Å². The Morgan fingerprint density at radius 2 is 2.46 bits per heavy atom. The maximum absolute atomic E-state index is 11.6. The van der Waals surface area contributed by atoms with Crippen LogP contribution in [0.15, 0.2) is 0 Å². The summed E-state index contributed by atoms with van der Waals surface area (Å²) in [4.78, 5) is 11.6. The molecule has 1 heterocycles. The molecule has 0 aliphatic carbocycles. The Labute approximate surface area is 78.6 Å². The third-order valence-electron chi connectivity index (χ3n) is 2.64. The van der Waals surface area contributed by atoms with Crippen LogP contribution in [0.1, 0.15) is 20.3 Å². The lowest BCUT2D eigenvalue weighted by Crippen LogP contribution is -2.56. The first kappa shape index (κ1) is 10.5. The summed E-state index contributed by atoms with van der Waals surface area (Å²) in [5.74, 6) is -0.206. The predicted molar refractivity (Wildman–Crippen MR) is 48.5 cm³/mol. The average molecular weight is 187 g/mol. The van der Waals surface area contributed by atoms with Crippen molar-refractivity contribution in [3.05, 3.63) is 0 Å². The molecule has 0 aromatic rings. The van der Waals surface area contributed by atoms with Crippen molar-refractivity contribution in [3.63, 3.8) is 0 Å². The Morgan fingerprint density at radius 1 is 1.77 bits per heavy atom. The molecule has 2 unspecified atom stereocenters. The van der Waals surface area contributed by atoms with E-state index < -0.39 is 5.54 Å². The van der Waals surface area contributed by atoms with Crippen LogP contribution in [-0.4, -0.2) is 37.9 Å². The molecule has 0 radical (unpaired) electrons. The maximum atomic E-state index is 11.6. The van der Waals surface area contributed by atoms with Crippen molar-refractivity contribution in [3.8, 4) is 0 Å². The van der Waals surface area contributed by atoms with Gasteiger partial charge in [-0.2, -0.15) is 0 Å². The molecule has 0 saturated carbocycles. The highest BCUT2D eigenvalue weighted by Gasteiger charge is 2.48. The molecule has 4 heteroatoms. The van der Waals surface area contributed by atoms with Gasteiger partial charge >= 0.3 is 5.97 Å². The summed E-state index contributed by atoms with van der Waals surface area (Å²) in [6, 6.07) is 0. The number of carbonyl (C=O) groups excluding carboxylic acids is 1. The first-order chi connectivity index (χ1) is 6.17. The minimum atomic E-state index is -0.629. The Kier molecular flexibility index (Phi) is 3.27. The summed E-state index contributed by atoms with van der Waals surface area (Å²) in [5.41, 5.74) is -0.629. The van der Waals surface area contributed by atoms with Gasteiger partial charge in [0, 0.05) is 13.0 Å². The number of carbonyl (C=O) groups is 1. The fraction of sp³-hybridized carbons (Fsp3) is 0.889. The lowest BCUT2D eigenvalue weighted by molar-refractivity contribution is -0.153. The van der Waals surface area contributed by atoms with Crippen LogP contribution in [0.25, 0.3) is 0 Å². The first-order valence-electron chi connectivity index (χ1n) is 4.65. The zero-order valence-corrected chi connectivity index (χ0v) is 8.42. The second kappa shape index (κ2) is 4.07. The SMILES string of the molecule is CCOC(=O)C1(NC)CCOC1C. The third-order valence-corrected chi connectivity index (χ3v) is 2.64. The van der Waals surface area contributed by atoms with E-state index in [1.807, 2.05) is 13.8 Å². The number of nitrogens with one attached hydrogen (secondary N) is 1. The Morgan fingerprint density at radius 3 is 2.85 bits per heavy atom. The molecule has 2 atom stereocenters. The molecule has 1 aliphatic heterocycles. The molecule has 0 amide bonds. The molecular formula is C9H17NO3. The van der Waals surface area contributed by atoms with Gasteiger partial charge in [-0.3, -0.25) is 0 Å². The van der Waals surface area contributed by atoms with Crippen molar-refractivity contribution in [2.45, 2.75) is 31.9 Å². The van der Waals surface area contributed by atoms with Crippen molar-refractivity contribution in [2.24, 2.45) is 0 Å². The highest BCUT2D eigenvalue weighted by molar-refractivity contribution is 5.82. The van der Waals surface area contributed by atoms with Crippen LogP contribution in [0.2, 0.25) is 0 Å². The monoisotopic (exact) mass is 187 g/mol. The summed E-state index contributed by atoms with van der Waals surface area (Å²) in [5, 5.41) is 3.01. The van der Waals surface area contributed by atoms with Gasteiger partial charge in [-0.05, 0) is 20.9 Å². The largest absolute Gasteiger partial charge is 0.465 e. The molecule has 0 spiro atoms. The van der Waals surface area contributed by atoms with E-state index in [9.17, 15) is 4.79 Å². The quantitative estimate of drug-likeness (QED) is 0.646. The van der Waals surface area contributed by atoms with Gasteiger partial charge in [-0.25, -0.2) is 4.79 Å². The molecule has 0 aromatic carbocycles. The van der Waals surface area contributed by atoms with Crippen LogP contribution in [-0.2, 0) is 14.3 Å². The highest BCUT2D eigenvalue weighted by Crippen LogP contribution is 2.26. The summed E-state index contributed by atoms with van der Waals surface area (Å²) in [6.07, 6.45) is 0.570. The van der Waals surface area contributed by atoms with Crippen molar-refractivity contribution < 1.29 is 14.3 Å². The Bertz CT molecular complexity index is 195. The number of hydrogen-bond donors (Lipinski definition) is 1. The molecule has 0 aromatic heterocycles. The smallest absolute Gasteiger partial charge is 0.329 e. The standard InChI is InChI=1S/C9H17NO3/c1-4-12-8(11)9(10-3)5-6-13-7(9)2/h7,10H,4-6H2,1-3H3. The van der Waals surface area contributed by atoms with E-state index in [-0.39, 0.29) is 12.1 Å².